The van der Waals surface area contributed by atoms with Gasteiger partial charge in [0.05, 0.1) is 11.1 Å². The average Bonchev–Trinajstić information content (AvgIpc) is 2.41. The van der Waals surface area contributed by atoms with E-state index >= 15 is 0 Å². The predicted octanol–water partition coefficient (Wildman–Crippen LogP) is 0.793. The van der Waals surface area contributed by atoms with Gasteiger partial charge in [0.15, 0.2) is 6.04 Å². The van der Waals surface area contributed by atoms with Crippen molar-refractivity contribution in [1.82, 2.24) is 5.32 Å². The molecule has 0 bridgehead atoms. The molecule has 1 aromatic rings. The highest BCUT2D eigenvalue weighted by molar-refractivity contribution is 6.08. The van der Waals surface area contributed by atoms with E-state index in [1.54, 1.807) is 5.32 Å². The van der Waals surface area contributed by atoms with Gasteiger partial charge in [0.25, 0.3) is 5.91 Å². The van der Waals surface area contributed by atoms with Gasteiger partial charge in [0, 0.05) is 5.56 Å². The van der Waals surface area contributed by atoms with Gasteiger partial charge >= 0.3 is 12.4 Å². The Labute approximate surface area is 129 Å². The van der Waals surface area contributed by atoms with Crippen molar-refractivity contribution in [2.75, 3.05) is 0 Å². The zero-order valence-corrected chi connectivity index (χ0v) is 11.5. The van der Waals surface area contributed by atoms with Crippen molar-refractivity contribution in [3.63, 3.8) is 0 Å². The number of hydrogen-bond acceptors (Lipinski definition) is 3. The molecule has 24 heavy (non-hydrogen) atoms. The summed E-state index contributed by atoms with van der Waals surface area (Å²) in [5, 5.41) is 1.57. The Hall–Kier alpha value is -2.79. The lowest BCUT2D eigenvalue weighted by Gasteiger charge is -2.16. The van der Waals surface area contributed by atoms with Crippen LogP contribution in [0.15, 0.2) is 18.2 Å². The molecule has 5 N–H and O–H groups in total. The Morgan fingerprint density at radius 2 is 1.21 bits per heavy atom. The number of carbonyl (C=O) groups excluding carboxylic acids is 3. The van der Waals surface area contributed by atoms with Gasteiger partial charge in [-0.15, -0.1) is 0 Å². The summed E-state index contributed by atoms with van der Waals surface area (Å²) in [7, 11) is 0. The molecule has 0 saturated carbocycles. The van der Waals surface area contributed by atoms with Crippen molar-refractivity contribution in [1.29, 1.82) is 0 Å². The van der Waals surface area contributed by atoms with Gasteiger partial charge in [-0.3, -0.25) is 14.4 Å². The molecular weight excluding hydrogens is 348 g/mol. The van der Waals surface area contributed by atoms with E-state index in [1.165, 1.54) is 0 Å². The van der Waals surface area contributed by atoms with Crippen molar-refractivity contribution in [2.24, 2.45) is 11.5 Å². The molecule has 0 aliphatic carbocycles. The summed E-state index contributed by atoms with van der Waals surface area (Å²) in [5.74, 6) is -4.42. The van der Waals surface area contributed by atoms with Crippen LogP contribution in [0.4, 0.5) is 26.3 Å². The van der Waals surface area contributed by atoms with E-state index in [1.807, 2.05) is 0 Å². The quantitative estimate of drug-likeness (QED) is 0.547. The van der Waals surface area contributed by atoms with Gasteiger partial charge in [-0.25, -0.2) is 0 Å². The molecule has 1 rings (SSSR count). The second-order valence-corrected chi connectivity index (χ2v) is 4.51. The van der Waals surface area contributed by atoms with Crippen molar-refractivity contribution in [2.45, 2.75) is 18.4 Å². The van der Waals surface area contributed by atoms with Crippen LogP contribution < -0.4 is 16.8 Å². The Bertz CT molecular complexity index is 637. The van der Waals surface area contributed by atoms with Gasteiger partial charge in [0.2, 0.25) is 11.8 Å². The molecule has 1 aromatic carbocycles. The van der Waals surface area contributed by atoms with Gasteiger partial charge < -0.3 is 16.8 Å². The maximum Gasteiger partial charge on any atom is 0.416 e. The van der Waals surface area contributed by atoms with Gasteiger partial charge in [-0.05, 0) is 18.2 Å². The number of rotatable bonds is 4. The number of carbonyl (C=O) groups is 3. The SMILES string of the molecule is NC(=O)C(NC(=O)c1cc(C(F)(F)F)cc(C(F)(F)F)c1)C(N)=O. The molecule has 3 amide bonds. The first-order valence-corrected chi connectivity index (χ1v) is 5.92. The second-order valence-electron chi connectivity index (χ2n) is 4.51. The number of amides is 3. The molecule has 6 nitrogen and oxygen atoms in total. The van der Waals surface area contributed by atoms with Crippen LogP contribution in [0.25, 0.3) is 0 Å². The second kappa shape index (κ2) is 6.37. The Balaban J connectivity index is 3.34. The molecule has 0 spiro atoms. The third-order valence-electron chi connectivity index (χ3n) is 2.69. The number of nitrogens with two attached hydrogens (primary N) is 2. The molecule has 0 radical (unpaired) electrons. The molecule has 132 valence electrons. The number of halogens is 6. The lowest BCUT2D eigenvalue weighted by Crippen LogP contribution is -2.52. The molecule has 0 aromatic heterocycles. The summed E-state index contributed by atoms with van der Waals surface area (Å²) in [5.41, 5.74) is 4.94. The smallest absolute Gasteiger partial charge is 0.367 e. The van der Waals surface area contributed by atoms with Crippen LogP contribution in [0.2, 0.25) is 0 Å². The number of hydrogen-bond donors (Lipinski definition) is 3. The van der Waals surface area contributed by atoms with Crippen LogP contribution in [0.1, 0.15) is 21.5 Å². The van der Waals surface area contributed by atoms with Gasteiger partial charge in [-0.1, -0.05) is 0 Å². The summed E-state index contributed by atoms with van der Waals surface area (Å²) in [6.07, 6.45) is -10.3. The molecule has 0 saturated heterocycles. The predicted molar refractivity (Wildman–Crippen MR) is 66.1 cm³/mol. The number of alkyl halides is 6. The first-order valence-electron chi connectivity index (χ1n) is 5.92. The summed E-state index contributed by atoms with van der Waals surface area (Å²) in [4.78, 5) is 33.6. The van der Waals surface area contributed by atoms with Crippen LogP contribution in [0.5, 0.6) is 0 Å². The molecular formula is C12H9F6N3O3. The normalized spacial score (nSPS) is 12.1. The largest absolute Gasteiger partial charge is 0.416 e. The van der Waals surface area contributed by atoms with E-state index in [-0.39, 0.29) is 18.2 Å². The third-order valence-corrected chi connectivity index (χ3v) is 2.69. The van der Waals surface area contributed by atoms with Crippen LogP contribution in [-0.2, 0) is 21.9 Å². The van der Waals surface area contributed by atoms with E-state index in [0.29, 0.717) is 0 Å². The standard InChI is InChI=1S/C12H9F6N3O3/c13-11(14,15)5-1-4(2-6(3-5)12(16,17)18)10(24)21-7(8(19)22)9(20)23/h1-3,7H,(H2,19,22)(H2,20,23)(H,21,24). The van der Waals surface area contributed by atoms with Crippen LogP contribution in [-0.4, -0.2) is 23.8 Å². The van der Waals surface area contributed by atoms with E-state index < -0.39 is 52.8 Å². The minimum absolute atomic E-state index is 0.129. The lowest BCUT2D eigenvalue weighted by atomic mass is 10.0. The van der Waals surface area contributed by atoms with Gasteiger partial charge in [0.1, 0.15) is 0 Å². The highest BCUT2D eigenvalue weighted by atomic mass is 19.4. The maximum atomic E-state index is 12.7. The fourth-order valence-electron chi connectivity index (χ4n) is 1.58. The molecule has 0 fully saturated rings. The molecule has 0 unspecified atom stereocenters. The maximum absolute atomic E-state index is 12.7. The number of nitrogens with one attached hydrogen (secondary N) is 1. The fraction of sp³-hybridized carbons (Fsp3) is 0.250. The van der Waals surface area contributed by atoms with E-state index in [9.17, 15) is 40.7 Å². The summed E-state index contributed by atoms with van der Waals surface area (Å²) in [6, 6.07) is -2.02. The first kappa shape index (κ1) is 19.3. The lowest BCUT2D eigenvalue weighted by molar-refractivity contribution is -0.143. The first-order chi connectivity index (χ1) is 10.7. The fourth-order valence-corrected chi connectivity index (χ4v) is 1.58. The highest BCUT2D eigenvalue weighted by Gasteiger charge is 2.38. The zero-order valence-electron chi connectivity index (χ0n) is 11.5. The summed E-state index contributed by atoms with van der Waals surface area (Å²) >= 11 is 0. The topological polar surface area (TPSA) is 115 Å². The molecule has 0 aliphatic rings. The molecule has 0 atom stereocenters. The minimum atomic E-state index is -5.16. The van der Waals surface area contributed by atoms with Crippen molar-refractivity contribution < 1.29 is 40.7 Å². The summed E-state index contributed by atoms with van der Waals surface area (Å²) in [6.45, 7) is 0. The zero-order chi connectivity index (χ0) is 18.9. The third kappa shape index (κ3) is 4.60. The van der Waals surface area contributed by atoms with E-state index in [0.717, 1.165) is 0 Å². The van der Waals surface area contributed by atoms with Gasteiger partial charge in [-0.2, -0.15) is 26.3 Å². The van der Waals surface area contributed by atoms with Crippen LogP contribution in [0.3, 0.4) is 0 Å². The number of benzene rings is 1. The van der Waals surface area contributed by atoms with Crippen molar-refractivity contribution >= 4 is 17.7 Å². The van der Waals surface area contributed by atoms with Crippen molar-refractivity contribution in [3.05, 3.63) is 34.9 Å². The van der Waals surface area contributed by atoms with E-state index in [4.69, 9.17) is 11.5 Å². The van der Waals surface area contributed by atoms with Crippen LogP contribution in [0, 0.1) is 0 Å². The molecule has 12 heteroatoms. The Kier molecular flexibility index (Phi) is 5.11. The molecule has 0 heterocycles. The Morgan fingerprint density at radius 1 is 0.833 bits per heavy atom. The summed E-state index contributed by atoms with van der Waals surface area (Å²) < 4.78 is 76.0. The van der Waals surface area contributed by atoms with E-state index in [2.05, 4.69) is 0 Å². The average molecular weight is 357 g/mol. The van der Waals surface area contributed by atoms with Crippen LogP contribution >= 0.6 is 0 Å². The monoisotopic (exact) mass is 357 g/mol. The molecule has 0 aliphatic heterocycles. The Morgan fingerprint density at radius 3 is 1.50 bits per heavy atom. The highest BCUT2D eigenvalue weighted by Crippen LogP contribution is 2.36. The number of primary amides is 2. The van der Waals surface area contributed by atoms with Crippen molar-refractivity contribution in [3.8, 4) is 0 Å². The minimum Gasteiger partial charge on any atom is -0.367 e.